The molecule has 1 N–H and O–H groups in total. The topological polar surface area (TPSA) is 57.6 Å². The minimum absolute atomic E-state index is 0.0501. The third-order valence-electron chi connectivity index (χ3n) is 5.19. The Morgan fingerprint density at radius 3 is 2.10 bits per heavy atom. The summed E-state index contributed by atoms with van der Waals surface area (Å²) in [6, 6.07) is 0. The fourth-order valence-electron chi connectivity index (χ4n) is 4.82. The quantitative estimate of drug-likeness (QED) is 0.781. The largest absolute Gasteiger partial charge is 0.480 e. The number of carbonyl (C=O) groups is 2. The zero-order chi connectivity index (χ0) is 14.3. The number of carbonyl (C=O) groups excluding carboxylic acids is 1. The van der Waals surface area contributed by atoms with E-state index in [1.54, 1.807) is 0 Å². The van der Waals surface area contributed by atoms with Gasteiger partial charge in [0, 0.05) is 12.5 Å². The number of carboxylic acids is 1. The van der Waals surface area contributed by atoms with Crippen molar-refractivity contribution in [2.45, 2.75) is 38.5 Å². The fraction of sp³-hybridized carbons (Fsp3) is 0.750. The smallest absolute Gasteiger partial charge is 0.323 e. The maximum Gasteiger partial charge on any atom is 0.323 e. The van der Waals surface area contributed by atoms with Crippen molar-refractivity contribution < 1.29 is 14.7 Å². The van der Waals surface area contributed by atoms with Gasteiger partial charge in [-0.3, -0.25) is 9.59 Å². The highest BCUT2D eigenvalue weighted by atomic mass is 16.4. The van der Waals surface area contributed by atoms with Crippen LogP contribution in [-0.4, -0.2) is 35.5 Å². The molecule has 0 aromatic rings. The second kappa shape index (κ2) is 4.80. The van der Waals surface area contributed by atoms with Crippen LogP contribution in [0.5, 0.6) is 0 Å². The molecule has 0 radical (unpaired) electrons. The molecule has 4 aliphatic rings. The number of likely N-dealkylation sites (N-methyl/N-ethyl adjacent to an activating group) is 1. The van der Waals surface area contributed by atoms with Crippen LogP contribution < -0.4 is 0 Å². The number of hydrogen-bond donors (Lipinski definition) is 1. The van der Waals surface area contributed by atoms with Crippen molar-refractivity contribution in [2.24, 2.45) is 23.2 Å². The van der Waals surface area contributed by atoms with Gasteiger partial charge in [0.2, 0.25) is 0 Å². The van der Waals surface area contributed by atoms with E-state index in [0.29, 0.717) is 0 Å². The van der Waals surface area contributed by atoms with E-state index in [1.165, 1.54) is 31.2 Å². The summed E-state index contributed by atoms with van der Waals surface area (Å²) >= 11 is 0. The number of rotatable bonds is 2. The Labute approximate surface area is 119 Å². The number of carboxylic acid groups (broad SMARTS) is 1. The summed E-state index contributed by atoms with van der Waals surface area (Å²) in [4.78, 5) is 23.6. The first-order valence-electron chi connectivity index (χ1n) is 7.46. The van der Waals surface area contributed by atoms with Crippen LogP contribution >= 0.6 is 0 Å². The molecule has 1 amide bonds. The van der Waals surface area contributed by atoms with Gasteiger partial charge in [0.25, 0.3) is 5.91 Å². The van der Waals surface area contributed by atoms with Gasteiger partial charge >= 0.3 is 5.97 Å². The van der Waals surface area contributed by atoms with Crippen molar-refractivity contribution >= 4 is 11.9 Å². The van der Waals surface area contributed by atoms with Crippen molar-refractivity contribution in [1.82, 2.24) is 4.90 Å². The van der Waals surface area contributed by atoms with Crippen LogP contribution in [0.3, 0.4) is 0 Å². The summed E-state index contributed by atoms with van der Waals surface area (Å²) in [5.74, 6) is 7.01. The van der Waals surface area contributed by atoms with Crippen molar-refractivity contribution in [3.8, 4) is 11.8 Å². The normalized spacial score (nSPS) is 37.1. The highest BCUT2D eigenvalue weighted by Gasteiger charge is 2.50. The number of aliphatic carboxylic acids is 1. The Morgan fingerprint density at radius 2 is 1.65 bits per heavy atom. The molecular weight excluding hydrogens is 254 g/mol. The number of amides is 1. The van der Waals surface area contributed by atoms with Crippen LogP contribution in [0.4, 0.5) is 0 Å². The summed E-state index contributed by atoms with van der Waals surface area (Å²) in [5.41, 5.74) is 0.0501. The lowest BCUT2D eigenvalue weighted by atomic mass is 9.50. The average Bonchev–Trinajstić information content (AvgIpc) is 2.33. The first kappa shape index (κ1) is 13.5. The zero-order valence-electron chi connectivity index (χ0n) is 11.9. The first-order valence-corrected chi connectivity index (χ1v) is 7.46. The van der Waals surface area contributed by atoms with Gasteiger partial charge in [0.15, 0.2) is 0 Å². The van der Waals surface area contributed by atoms with Crippen LogP contribution in [0.15, 0.2) is 0 Å². The van der Waals surface area contributed by atoms with E-state index in [1.807, 2.05) is 0 Å². The van der Waals surface area contributed by atoms with Crippen molar-refractivity contribution in [2.75, 3.05) is 13.6 Å². The fourth-order valence-corrected chi connectivity index (χ4v) is 4.82. The SMILES string of the molecule is CN(CC(=O)O)C(=O)C#CC12CC3CC(CC(C3)C1)C2. The molecule has 20 heavy (non-hydrogen) atoms. The number of hydrogen-bond acceptors (Lipinski definition) is 2. The second-order valence-electron chi connectivity index (χ2n) is 7.00. The van der Waals surface area contributed by atoms with E-state index in [2.05, 4.69) is 11.8 Å². The molecule has 4 bridgehead atoms. The predicted molar refractivity (Wildman–Crippen MR) is 73.7 cm³/mol. The molecule has 4 aliphatic carbocycles. The molecule has 0 atom stereocenters. The van der Waals surface area contributed by atoms with Crippen molar-refractivity contribution in [3.05, 3.63) is 0 Å². The summed E-state index contributed by atoms with van der Waals surface area (Å²) in [5, 5.41) is 8.69. The molecule has 0 aliphatic heterocycles. The lowest BCUT2D eigenvalue weighted by Gasteiger charge is -2.54. The van der Waals surface area contributed by atoms with Crippen LogP contribution in [0.25, 0.3) is 0 Å². The highest BCUT2D eigenvalue weighted by Crippen LogP contribution is 2.59. The third-order valence-corrected chi connectivity index (χ3v) is 5.19. The molecule has 4 saturated carbocycles. The molecule has 4 fully saturated rings. The van der Waals surface area contributed by atoms with Gasteiger partial charge in [0.05, 0.1) is 0 Å². The zero-order valence-corrected chi connectivity index (χ0v) is 11.9. The lowest BCUT2D eigenvalue weighted by molar-refractivity contribution is -0.141. The van der Waals surface area contributed by atoms with Crippen LogP contribution in [0, 0.1) is 35.0 Å². The Morgan fingerprint density at radius 1 is 1.15 bits per heavy atom. The molecule has 0 saturated heterocycles. The third kappa shape index (κ3) is 2.54. The van der Waals surface area contributed by atoms with Gasteiger partial charge < -0.3 is 10.0 Å². The van der Waals surface area contributed by atoms with E-state index >= 15 is 0 Å². The van der Waals surface area contributed by atoms with Gasteiger partial charge in [-0.05, 0) is 62.2 Å². The molecule has 0 unspecified atom stereocenters. The summed E-state index contributed by atoms with van der Waals surface area (Å²) in [6.07, 6.45) is 7.49. The van der Waals surface area contributed by atoms with E-state index < -0.39 is 5.97 Å². The average molecular weight is 275 g/mol. The van der Waals surface area contributed by atoms with E-state index in [-0.39, 0.29) is 17.9 Å². The molecule has 4 heteroatoms. The van der Waals surface area contributed by atoms with Gasteiger partial charge in [-0.1, -0.05) is 5.92 Å². The van der Waals surface area contributed by atoms with Crippen molar-refractivity contribution in [1.29, 1.82) is 0 Å². The van der Waals surface area contributed by atoms with Gasteiger partial charge in [-0.2, -0.15) is 0 Å². The summed E-state index contributed by atoms with van der Waals surface area (Å²) in [7, 11) is 1.49. The van der Waals surface area contributed by atoms with Crippen LogP contribution in [0.2, 0.25) is 0 Å². The minimum atomic E-state index is -1.00. The van der Waals surface area contributed by atoms with Crippen LogP contribution in [0.1, 0.15) is 38.5 Å². The predicted octanol–water partition coefficient (Wildman–Crippen LogP) is 1.75. The summed E-state index contributed by atoms with van der Waals surface area (Å²) in [6.45, 7) is -0.283. The molecular formula is C16H21NO3. The molecule has 0 aromatic heterocycles. The van der Waals surface area contributed by atoms with Crippen molar-refractivity contribution in [3.63, 3.8) is 0 Å². The second-order valence-corrected chi connectivity index (χ2v) is 7.00. The van der Waals surface area contributed by atoms with E-state index in [9.17, 15) is 9.59 Å². The maximum atomic E-state index is 11.9. The monoisotopic (exact) mass is 275 g/mol. The van der Waals surface area contributed by atoms with E-state index in [0.717, 1.165) is 37.0 Å². The molecule has 0 aromatic carbocycles. The maximum absolute atomic E-state index is 11.9. The molecule has 108 valence electrons. The van der Waals surface area contributed by atoms with Gasteiger partial charge in [-0.15, -0.1) is 0 Å². The first-order chi connectivity index (χ1) is 9.46. The van der Waals surface area contributed by atoms with E-state index in [4.69, 9.17) is 5.11 Å². The molecule has 0 heterocycles. The van der Waals surface area contributed by atoms with Gasteiger partial charge in [0.1, 0.15) is 6.54 Å². The minimum Gasteiger partial charge on any atom is -0.480 e. The van der Waals surface area contributed by atoms with Gasteiger partial charge in [-0.25, -0.2) is 0 Å². The molecule has 4 rings (SSSR count). The Bertz CT molecular complexity index is 464. The molecule has 0 spiro atoms. The molecule has 4 nitrogen and oxygen atoms in total. The highest BCUT2D eigenvalue weighted by molar-refractivity contribution is 5.95. The van der Waals surface area contributed by atoms with Crippen LogP contribution in [-0.2, 0) is 9.59 Å². The standard InChI is InChI=1S/C16H21NO3/c1-17(10-15(19)20)14(18)2-3-16-7-11-4-12(8-16)6-13(5-11)9-16/h11-13H,4-10H2,1H3,(H,19,20). The Balaban J connectivity index is 1.70. The Hall–Kier alpha value is -1.50. The lowest BCUT2D eigenvalue weighted by Crippen LogP contribution is -2.45. The number of nitrogens with zero attached hydrogens (tertiary/aromatic N) is 1. The Kier molecular flexibility index (Phi) is 3.24. The summed E-state index contributed by atoms with van der Waals surface area (Å²) < 4.78 is 0.